The first kappa shape index (κ1) is 28.8. The summed E-state index contributed by atoms with van der Waals surface area (Å²) in [6.07, 6.45) is 7.64. The van der Waals surface area contributed by atoms with Crippen LogP contribution in [0.2, 0.25) is 0 Å². The standard InChI is InChI=1S/C30H40F2N6O4/c1-29(2,3)42-28(41)36-12-6-20(30(31,32)18-36)16-35-10-7-21(8-11-35)38-17-24(19-4-5-19)23-14-22(15-33-26(23)38)37-13-9-25(39)34-27(37)40/h14-15,17,19-21H,4-13,16,18H2,1-3H3,(H,34,39,40)/t20-/m1/s1. The molecule has 12 heteroatoms. The Balaban J connectivity index is 1.10. The van der Waals surface area contributed by atoms with Gasteiger partial charge in [-0.15, -0.1) is 0 Å². The Morgan fingerprint density at radius 3 is 2.48 bits per heavy atom. The maximum absolute atomic E-state index is 15.1. The average Bonchev–Trinajstić information content (AvgIpc) is 3.69. The topological polar surface area (TPSA) is 100 Å². The normalized spacial score (nSPS) is 24.3. The van der Waals surface area contributed by atoms with Crippen molar-refractivity contribution in [1.82, 2.24) is 24.7 Å². The van der Waals surface area contributed by atoms with E-state index in [1.54, 1.807) is 31.9 Å². The number of amides is 4. The molecule has 0 aromatic carbocycles. The first-order valence-electron chi connectivity index (χ1n) is 15.1. The van der Waals surface area contributed by atoms with Crippen molar-refractivity contribution in [1.29, 1.82) is 0 Å². The Morgan fingerprint density at radius 1 is 1.10 bits per heavy atom. The lowest BCUT2D eigenvalue weighted by Gasteiger charge is -2.42. The minimum absolute atomic E-state index is 0.208. The molecule has 0 radical (unpaired) electrons. The molecule has 1 atom stereocenters. The monoisotopic (exact) mass is 586 g/mol. The van der Waals surface area contributed by atoms with Crippen LogP contribution < -0.4 is 10.2 Å². The zero-order valence-electron chi connectivity index (χ0n) is 24.6. The number of likely N-dealkylation sites (tertiary alicyclic amines) is 2. The van der Waals surface area contributed by atoms with Crippen LogP contribution in [0.15, 0.2) is 18.5 Å². The van der Waals surface area contributed by atoms with Gasteiger partial charge in [-0.3, -0.25) is 15.0 Å². The second-order valence-corrected chi connectivity index (χ2v) is 13.3. The maximum atomic E-state index is 15.1. The van der Waals surface area contributed by atoms with Crippen molar-refractivity contribution in [3.63, 3.8) is 0 Å². The summed E-state index contributed by atoms with van der Waals surface area (Å²) in [7, 11) is 0. The van der Waals surface area contributed by atoms with Crippen molar-refractivity contribution in [2.24, 2.45) is 5.92 Å². The van der Waals surface area contributed by atoms with Crippen molar-refractivity contribution in [2.45, 2.75) is 82.8 Å². The number of hydrogen-bond acceptors (Lipinski definition) is 6. The van der Waals surface area contributed by atoms with E-state index in [0.717, 1.165) is 41.6 Å². The van der Waals surface area contributed by atoms with Gasteiger partial charge in [0.2, 0.25) is 5.91 Å². The molecule has 3 saturated heterocycles. The predicted molar refractivity (Wildman–Crippen MR) is 153 cm³/mol. The van der Waals surface area contributed by atoms with Gasteiger partial charge in [-0.1, -0.05) is 0 Å². The van der Waals surface area contributed by atoms with Crippen molar-refractivity contribution in [3.8, 4) is 0 Å². The van der Waals surface area contributed by atoms with Gasteiger partial charge in [0, 0.05) is 62.7 Å². The fourth-order valence-corrected chi connectivity index (χ4v) is 6.49. The van der Waals surface area contributed by atoms with Crippen molar-refractivity contribution < 1.29 is 27.9 Å². The smallest absolute Gasteiger partial charge is 0.410 e. The van der Waals surface area contributed by atoms with Gasteiger partial charge in [-0.05, 0) is 70.4 Å². The van der Waals surface area contributed by atoms with Gasteiger partial charge in [0.1, 0.15) is 11.2 Å². The molecule has 4 amide bonds. The van der Waals surface area contributed by atoms with E-state index in [-0.39, 0.29) is 31.3 Å². The molecule has 1 aliphatic carbocycles. The largest absolute Gasteiger partial charge is 0.444 e. The molecule has 0 unspecified atom stereocenters. The summed E-state index contributed by atoms with van der Waals surface area (Å²) in [5.74, 6) is -3.56. The van der Waals surface area contributed by atoms with E-state index in [1.165, 1.54) is 5.56 Å². The molecule has 1 saturated carbocycles. The molecule has 0 bridgehead atoms. The number of nitrogens with zero attached hydrogens (tertiary/aromatic N) is 5. The molecule has 1 N–H and O–H groups in total. The van der Waals surface area contributed by atoms with Crippen LogP contribution >= 0.6 is 0 Å². The summed E-state index contributed by atoms with van der Waals surface area (Å²) in [6, 6.07) is 1.80. The predicted octanol–water partition coefficient (Wildman–Crippen LogP) is 4.89. The first-order chi connectivity index (χ1) is 19.9. The Kier molecular flexibility index (Phi) is 7.39. The van der Waals surface area contributed by atoms with E-state index >= 15 is 8.78 Å². The number of rotatable bonds is 5. The second kappa shape index (κ2) is 10.8. The van der Waals surface area contributed by atoms with Crippen LogP contribution in [0.3, 0.4) is 0 Å². The molecule has 3 aliphatic heterocycles. The number of halogens is 2. The van der Waals surface area contributed by atoms with Gasteiger partial charge in [0.05, 0.1) is 18.4 Å². The number of anilines is 1. The maximum Gasteiger partial charge on any atom is 0.410 e. The molecule has 2 aromatic heterocycles. The van der Waals surface area contributed by atoms with Crippen LogP contribution in [-0.2, 0) is 9.53 Å². The molecule has 42 heavy (non-hydrogen) atoms. The lowest BCUT2D eigenvalue weighted by Crippen LogP contribution is -2.54. The van der Waals surface area contributed by atoms with Crippen molar-refractivity contribution in [3.05, 3.63) is 24.0 Å². The van der Waals surface area contributed by atoms with Crippen molar-refractivity contribution in [2.75, 3.05) is 44.2 Å². The number of nitrogens with one attached hydrogen (secondary N) is 1. The zero-order chi connectivity index (χ0) is 29.8. The fraction of sp³-hybridized carbons (Fsp3) is 0.667. The second-order valence-electron chi connectivity index (χ2n) is 13.3. The SMILES string of the molecule is CC(C)(C)OC(=O)N1CC[C@H](CN2CCC(n3cc(C4CC4)c4cc(N5CCC(=O)NC5=O)cnc43)CC2)C(F)(F)C1. The van der Waals surface area contributed by atoms with Gasteiger partial charge in [-0.2, -0.15) is 0 Å². The number of carbonyl (C=O) groups is 3. The van der Waals surface area contributed by atoms with Crippen LogP contribution in [0, 0.1) is 5.92 Å². The van der Waals surface area contributed by atoms with E-state index in [2.05, 4.69) is 21.0 Å². The summed E-state index contributed by atoms with van der Waals surface area (Å²) in [5, 5.41) is 3.42. The zero-order valence-corrected chi connectivity index (χ0v) is 24.6. The highest BCUT2D eigenvalue weighted by Gasteiger charge is 2.47. The molecule has 6 rings (SSSR count). The highest BCUT2D eigenvalue weighted by molar-refractivity contribution is 6.06. The summed E-state index contributed by atoms with van der Waals surface area (Å²) < 4.78 is 37.8. The Labute approximate surface area is 244 Å². The number of alkyl halides is 2. The van der Waals surface area contributed by atoms with Crippen molar-refractivity contribution >= 4 is 34.8 Å². The van der Waals surface area contributed by atoms with Crippen LogP contribution in [-0.4, -0.2) is 88.2 Å². The van der Waals surface area contributed by atoms with E-state index < -0.39 is 36.1 Å². The number of fused-ring (bicyclic) bond motifs is 1. The van der Waals surface area contributed by atoms with E-state index in [9.17, 15) is 14.4 Å². The van der Waals surface area contributed by atoms with E-state index in [4.69, 9.17) is 9.72 Å². The summed E-state index contributed by atoms with van der Waals surface area (Å²) in [5.41, 5.74) is 2.09. The lowest BCUT2D eigenvalue weighted by molar-refractivity contribution is -0.120. The minimum Gasteiger partial charge on any atom is -0.444 e. The van der Waals surface area contributed by atoms with E-state index in [1.807, 2.05) is 6.07 Å². The highest BCUT2D eigenvalue weighted by atomic mass is 19.3. The summed E-state index contributed by atoms with van der Waals surface area (Å²) in [6.45, 7) is 6.93. The van der Waals surface area contributed by atoms with Crippen LogP contribution in [0.25, 0.3) is 11.0 Å². The molecule has 2 aromatic rings. The van der Waals surface area contributed by atoms with E-state index in [0.29, 0.717) is 37.8 Å². The van der Waals surface area contributed by atoms with Gasteiger partial charge in [0.15, 0.2) is 0 Å². The minimum atomic E-state index is -2.97. The first-order valence-corrected chi connectivity index (χ1v) is 15.1. The molecule has 0 spiro atoms. The molecular formula is C30H40F2N6O4. The third-order valence-electron chi connectivity index (χ3n) is 8.90. The molecule has 10 nitrogen and oxygen atoms in total. The molecule has 5 heterocycles. The third-order valence-corrected chi connectivity index (χ3v) is 8.90. The van der Waals surface area contributed by atoms with Crippen LogP contribution in [0.4, 0.5) is 24.1 Å². The number of hydrogen-bond donors (Lipinski definition) is 1. The van der Waals surface area contributed by atoms with Crippen LogP contribution in [0.1, 0.15) is 76.8 Å². The Morgan fingerprint density at radius 2 is 1.83 bits per heavy atom. The number of urea groups is 1. The molecule has 4 fully saturated rings. The number of carbonyl (C=O) groups excluding carboxylic acids is 3. The lowest BCUT2D eigenvalue weighted by atomic mass is 9.91. The van der Waals surface area contributed by atoms with Gasteiger partial charge in [0.25, 0.3) is 5.92 Å². The Bertz CT molecular complexity index is 1380. The number of aromatic nitrogens is 2. The fourth-order valence-electron chi connectivity index (χ4n) is 6.49. The van der Waals surface area contributed by atoms with Gasteiger partial charge >= 0.3 is 12.1 Å². The quantitative estimate of drug-likeness (QED) is 0.536. The van der Waals surface area contributed by atoms with Gasteiger partial charge < -0.3 is 19.1 Å². The third kappa shape index (κ3) is 5.95. The molecule has 228 valence electrons. The summed E-state index contributed by atoms with van der Waals surface area (Å²) in [4.78, 5) is 46.0. The number of piperidine rings is 2. The van der Waals surface area contributed by atoms with Crippen LogP contribution in [0.5, 0.6) is 0 Å². The summed E-state index contributed by atoms with van der Waals surface area (Å²) >= 11 is 0. The number of pyridine rings is 1. The van der Waals surface area contributed by atoms with Gasteiger partial charge in [-0.25, -0.2) is 23.4 Å². The average molecular weight is 587 g/mol. The molecular weight excluding hydrogens is 546 g/mol. The Hall–Kier alpha value is -3.28. The number of ether oxygens (including phenoxy) is 1. The number of imide groups is 1. The molecule has 4 aliphatic rings. The highest BCUT2D eigenvalue weighted by Crippen LogP contribution is 2.45.